The Labute approximate surface area is 197 Å². The van der Waals surface area contributed by atoms with Crippen molar-refractivity contribution in [1.82, 2.24) is 9.88 Å². The maximum atomic E-state index is 13.1. The van der Waals surface area contributed by atoms with E-state index < -0.39 is 23.5 Å². The number of benzene rings is 1. The molecule has 1 saturated heterocycles. The van der Waals surface area contributed by atoms with Crippen LogP contribution in [0.25, 0.3) is 10.9 Å². The maximum absolute atomic E-state index is 13.1. The number of H-pyrrole nitrogens is 1. The summed E-state index contributed by atoms with van der Waals surface area (Å²) in [5, 5.41) is 23.7. The third-order valence-corrected chi connectivity index (χ3v) is 8.87. The molecule has 0 radical (unpaired) electrons. The number of methoxy groups -OCH3 is 2. The van der Waals surface area contributed by atoms with Gasteiger partial charge in [-0.05, 0) is 42.7 Å². The van der Waals surface area contributed by atoms with Gasteiger partial charge < -0.3 is 24.7 Å². The Morgan fingerprint density at radius 3 is 2.74 bits per heavy atom. The summed E-state index contributed by atoms with van der Waals surface area (Å²) < 4.78 is 10.2. The van der Waals surface area contributed by atoms with E-state index in [1.165, 1.54) is 30.9 Å². The number of nitrogens with one attached hydrogen (secondary N) is 1. The fourth-order valence-corrected chi connectivity index (χ4v) is 7.56. The first-order valence-corrected chi connectivity index (χ1v) is 12.0. The average Bonchev–Trinajstić information content (AvgIpc) is 3.21. The van der Waals surface area contributed by atoms with Crippen LogP contribution in [-0.2, 0) is 25.5 Å². The first kappa shape index (κ1) is 21.7. The van der Waals surface area contributed by atoms with E-state index in [1.807, 2.05) is 6.07 Å². The van der Waals surface area contributed by atoms with Gasteiger partial charge in [-0.15, -0.1) is 0 Å². The number of piperidine rings is 1. The standard InChI is InChI=1S/C26H30N2O6/c1-33-24(30)21-16-10-26(32,11-20(21)29)22(25(31)34-2)15-9-19-23-14(7-8-28(19)12-17(15)16)13-5-3-4-6-18(13)27-23/h3-6,15-17,19,22,27,29,32H,7-12H2,1-2H3/t15-,16-,17-,19+,22-,26+/m0/s1. The number of hydrogen-bond donors (Lipinski definition) is 3. The van der Waals surface area contributed by atoms with Crippen molar-refractivity contribution in [2.24, 2.45) is 23.7 Å². The highest BCUT2D eigenvalue weighted by Crippen LogP contribution is 2.58. The first-order valence-electron chi connectivity index (χ1n) is 12.0. The van der Waals surface area contributed by atoms with Crippen LogP contribution in [0, 0.1) is 23.7 Å². The summed E-state index contributed by atoms with van der Waals surface area (Å²) >= 11 is 0. The second kappa shape index (κ2) is 7.58. The van der Waals surface area contributed by atoms with Crippen LogP contribution < -0.4 is 0 Å². The highest BCUT2D eigenvalue weighted by molar-refractivity contribution is 5.90. The Kier molecular flexibility index (Phi) is 4.83. The van der Waals surface area contributed by atoms with Gasteiger partial charge in [0.25, 0.3) is 0 Å². The highest BCUT2D eigenvalue weighted by Gasteiger charge is 2.62. The SMILES string of the molecule is COC(=O)C1=C(O)C[C@]2(O)C[C@H]1[C@H]1CN3CCc4c([nH]c5ccccc45)[C@H]3C[C@@H]1[C@H]2C(=O)OC. The Morgan fingerprint density at radius 1 is 1.18 bits per heavy atom. The predicted octanol–water partition coefficient (Wildman–Crippen LogP) is 2.63. The molecule has 180 valence electrons. The van der Waals surface area contributed by atoms with Crippen molar-refractivity contribution >= 4 is 22.8 Å². The van der Waals surface area contributed by atoms with Crippen molar-refractivity contribution in [2.45, 2.75) is 37.3 Å². The van der Waals surface area contributed by atoms with Crippen molar-refractivity contribution < 1.29 is 29.3 Å². The molecular weight excluding hydrogens is 436 g/mol. The molecule has 1 aromatic heterocycles. The van der Waals surface area contributed by atoms with Crippen LogP contribution in [0.1, 0.15) is 36.6 Å². The van der Waals surface area contributed by atoms with E-state index in [0.29, 0.717) is 13.0 Å². The summed E-state index contributed by atoms with van der Waals surface area (Å²) in [6, 6.07) is 8.40. The van der Waals surface area contributed by atoms with E-state index in [4.69, 9.17) is 9.47 Å². The summed E-state index contributed by atoms with van der Waals surface area (Å²) in [6.07, 6.45) is 1.67. The number of carbonyl (C=O) groups is 2. The highest BCUT2D eigenvalue weighted by atomic mass is 16.5. The predicted molar refractivity (Wildman–Crippen MR) is 123 cm³/mol. The monoisotopic (exact) mass is 466 g/mol. The van der Waals surface area contributed by atoms with Crippen molar-refractivity contribution in [3.8, 4) is 0 Å². The fourth-order valence-electron chi connectivity index (χ4n) is 7.56. The smallest absolute Gasteiger partial charge is 0.337 e. The average molecular weight is 467 g/mol. The largest absolute Gasteiger partial charge is 0.512 e. The van der Waals surface area contributed by atoms with Crippen LogP contribution in [0.5, 0.6) is 0 Å². The zero-order valence-electron chi connectivity index (χ0n) is 19.4. The van der Waals surface area contributed by atoms with Crippen molar-refractivity contribution in [2.75, 3.05) is 27.3 Å². The lowest BCUT2D eigenvalue weighted by Crippen LogP contribution is -2.63. The molecule has 1 saturated carbocycles. The molecule has 2 aromatic rings. The van der Waals surface area contributed by atoms with E-state index in [9.17, 15) is 19.8 Å². The van der Waals surface area contributed by atoms with Gasteiger partial charge in [-0.1, -0.05) is 18.2 Å². The molecule has 3 heterocycles. The third-order valence-electron chi connectivity index (χ3n) is 8.87. The number of aliphatic hydroxyl groups excluding tert-OH is 1. The lowest BCUT2D eigenvalue weighted by Gasteiger charge is -2.58. The van der Waals surface area contributed by atoms with Gasteiger partial charge in [-0.3, -0.25) is 9.69 Å². The van der Waals surface area contributed by atoms with Crippen molar-refractivity contribution in [3.63, 3.8) is 0 Å². The van der Waals surface area contributed by atoms with Crippen LogP contribution in [0.3, 0.4) is 0 Å². The van der Waals surface area contributed by atoms with Gasteiger partial charge in [0.1, 0.15) is 5.76 Å². The lowest BCUT2D eigenvalue weighted by atomic mass is 9.52. The molecule has 1 aromatic carbocycles. The molecule has 3 N–H and O–H groups in total. The first-order chi connectivity index (χ1) is 16.4. The molecule has 0 unspecified atom stereocenters. The Morgan fingerprint density at radius 2 is 1.97 bits per heavy atom. The van der Waals surface area contributed by atoms with Gasteiger partial charge in [-0.25, -0.2) is 4.79 Å². The maximum Gasteiger partial charge on any atom is 0.337 e. The Hall–Kier alpha value is -2.84. The summed E-state index contributed by atoms with van der Waals surface area (Å²) in [6.45, 7) is 1.55. The Bertz CT molecular complexity index is 1220. The number of hydrogen-bond acceptors (Lipinski definition) is 7. The number of ether oxygens (including phenoxy) is 2. The third kappa shape index (κ3) is 2.91. The summed E-state index contributed by atoms with van der Waals surface area (Å²) in [5.74, 6) is -2.59. The van der Waals surface area contributed by atoms with Crippen LogP contribution in [0.15, 0.2) is 35.6 Å². The molecular formula is C26H30N2O6. The quantitative estimate of drug-likeness (QED) is 0.584. The minimum Gasteiger partial charge on any atom is -0.512 e. The molecule has 34 heavy (non-hydrogen) atoms. The molecule has 0 spiro atoms. The molecule has 2 aliphatic heterocycles. The van der Waals surface area contributed by atoms with Gasteiger partial charge in [0.2, 0.25) is 0 Å². The van der Waals surface area contributed by atoms with Gasteiger partial charge >= 0.3 is 11.9 Å². The zero-order valence-corrected chi connectivity index (χ0v) is 19.4. The minimum absolute atomic E-state index is 0.0805. The number of fused-ring (bicyclic) bond motifs is 9. The van der Waals surface area contributed by atoms with Gasteiger partial charge in [0.05, 0.1) is 37.4 Å². The number of nitrogens with zero attached hydrogens (tertiary/aromatic N) is 1. The molecule has 2 aliphatic carbocycles. The number of esters is 2. The van der Waals surface area contributed by atoms with Crippen molar-refractivity contribution in [1.29, 1.82) is 0 Å². The number of aromatic amines is 1. The van der Waals surface area contributed by atoms with Gasteiger partial charge in [0.15, 0.2) is 0 Å². The van der Waals surface area contributed by atoms with Crippen molar-refractivity contribution in [3.05, 3.63) is 46.9 Å². The summed E-state index contributed by atoms with van der Waals surface area (Å²) in [4.78, 5) is 31.8. The van der Waals surface area contributed by atoms with Gasteiger partial charge in [-0.2, -0.15) is 0 Å². The second-order valence-electron chi connectivity index (χ2n) is 10.3. The van der Waals surface area contributed by atoms with E-state index >= 15 is 0 Å². The summed E-state index contributed by atoms with van der Waals surface area (Å²) in [7, 11) is 2.65. The molecule has 6 atom stereocenters. The molecule has 2 bridgehead atoms. The number of aliphatic hydroxyl groups is 2. The zero-order chi connectivity index (χ0) is 23.8. The fraction of sp³-hybridized carbons (Fsp3) is 0.538. The van der Waals surface area contributed by atoms with E-state index in [1.54, 1.807) is 0 Å². The number of rotatable bonds is 2. The van der Waals surface area contributed by atoms with Gasteiger partial charge in [0, 0.05) is 42.0 Å². The van der Waals surface area contributed by atoms with Crippen LogP contribution in [0.4, 0.5) is 0 Å². The number of para-hydroxylation sites is 1. The molecule has 8 heteroatoms. The molecule has 6 rings (SSSR count). The Balaban J connectivity index is 1.45. The van der Waals surface area contributed by atoms with E-state index in [2.05, 4.69) is 28.1 Å². The topological polar surface area (TPSA) is 112 Å². The molecule has 2 fully saturated rings. The summed E-state index contributed by atoms with van der Waals surface area (Å²) in [5.41, 5.74) is 2.42. The van der Waals surface area contributed by atoms with Crippen LogP contribution in [-0.4, -0.2) is 64.9 Å². The normalized spacial score (nSPS) is 34.7. The van der Waals surface area contributed by atoms with Crippen LogP contribution >= 0.6 is 0 Å². The van der Waals surface area contributed by atoms with E-state index in [-0.39, 0.29) is 48.0 Å². The molecule has 8 nitrogen and oxygen atoms in total. The second-order valence-corrected chi connectivity index (χ2v) is 10.3. The molecule has 0 amide bonds. The minimum atomic E-state index is -1.46. The van der Waals surface area contributed by atoms with Crippen LogP contribution in [0.2, 0.25) is 0 Å². The van der Waals surface area contributed by atoms with E-state index in [0.717, 1.165) is 18.5 Å². The lowest BCUT2D eigenvalue weighted by molar-refractivity contribution is -0.186. The number of carbonyl (C=O) groups excluding carboxylic acids is 2. The molecule has 4 aliphatic rings. The number of aromatic nitrogens is 1.